The van der Waals surface area contributed by atoms with Gasteiger partial charge in [-0.05, 0) is 74.6 Å². The molecule has 0 aliphatic heterocycles. The minimum atomic E-state index is -4.58. The van der Waals surface area contributed by atoms with Gasteiger partial charge >= 0.3 is 6.18 Å². The second-order valence-corrected chi connectivity index (χ2v) is 9.11. The third-order valence-corrected chi connectivity index (χ3v) is 5.86. The Bertz CT molecular complexity index is 1540. The third-order valence-electron chi connectivity index (χ3n) is 5.86. The van der Waals surface area contributed by atoms with Gasteiger partial charge in [-0.25, -0.2) is 4.98 Å². The van der Waals surface area contributed by atoms with Gasteiger partial charge in [-0.3, -0.25) is 9.59 Å². The highest BCUT2D eigenvalue weighted by molar-refractivity contribution is 6.04. The van der Waals surface area contributed by atoms with Crippen LogP contribution in [-0.4, -0.2) is 34.5 Å². The summed E-state index contributed by atoms with van der Waals surface area (Å²) >= 11 is 0. The second-order valence-electron chi connectivity index (χ2n) is 9.11. The molecule has 0 radical (unpaired) electrons. The number of nitrogens with one attached hydrogen (secondary N) is 2. The number of anilines is 3. The lowest BCUT2D eigenvalue weighted by Gasteiger charge is -2.17. The highest BCUT2D eigenvalue weighted by Crippen LogP contribution is 2.33. The summed E-state index contributed by atoms with van der Waals surface area (Å²) in [7, 11) is 4.98. The van der Waals surface area contributed by atoms with Crippen LogP contribution in [-0.2, 0) is 19.8 Å². The molecule has 0 bridgehead atoms. The van der Waals surface area contributed by atoms with Crippen LogP contribution in [0.4, 0.5) is 30.2 Å². The molecule has 37 heavy (non-hydrogen) atoms. The van der Waals surface area contributed by atoms with Crippen molar-refractivity contribution in [1.82, 2.24) is 14.5 Å². The number of fused-ring (bicyclic) bond motifs is 1. The number of carbonyl (C=O) groups is 1. The van der Waals surface area contributed by atoms with Crippen LogP contribution in [0.5, 0.6) is 0 Å². The Kier molecular flexibility index (Phi) is 7.04. The van der Waals surface area contributed by atoms with Gasteiger partial charge in [-0.15, -0.1) is 0 Å². The van der Waals surface area contributed by atoms with Crippen molar-refractivity contribution in [3.05, 3.63) is 93.5 Å². The zero-order chi connectivity index (χ0) is 26.9. The molecule has 0 unspecified atom stereocenters. The minimum absolute atomic E-state index is 0.0938. The van der Waals surface area contributed by atoms with E-state index < -0.39 is 17.6 Å². The standard InChI is InChI=1S/C27H26F3N5O2/c1-16-5-8-20(13-24(16)32-19-9-10-23-21(12-19)26(37)35(4)15-31-23)33-25(36)17-6-7-18(14-34(2)3)22(11-17)27(28,29)30/h5-13,15,32H,14H2,1-4H3,(H,33,36). The van der Waals surface area contributed by atoms with Crippen LogP contribution in [0.1, 0.15) is 27.0 Å². The molecular formula is C27H26F3N5O2. The molecule has 10 heteroatoms. The monoisotopic (exact) mass is 509 g/mol. The molecule has 1 heterocycles. The van der Waals surface area contributed by atoms with E-state index in [0.29, 0.717) is 28.0 Å². The van der Waals surface area contributed by atoms with Crippen molar-refractivity contribution < 1.29 is 18.0 Å². The summed E-state index contributed by atoms with van der Waals surface area (Å²) in [5, 5.41) is 6.37. The summed E-state index contributed by atoms with van der Waals surface area (Å²) < 4.78 is 42.3. The van der Waals surface area contributed by atoms with E-state index in [-0.39, 0.29) is 23.2 Å². The Morgan fingerprint density at radius 3 is 2.46 bits per heavy atom. The van der Waals surface area contributed by atoms with Crippen molar-refractivity contribution in [3.8, 4) is 0 Å². The number of alkyl halides is 3. The smallest absolute Gasteiger partial charge is 0.355 e. The van der Waals surface area contributed by atoms with Crippen LogP contribution in [0.15, 0.2) is 65.7 Å². The Balaban J connectivity index is 1.59. The van der Waals surface area contributed by atoms with Crippen molar-refractivity contribution in [2.24, 2.45) is 7.05 Å². The molecule has 0 aliphatic carbocycles. The van der Waals surface area contributed by atoms with Gasteiger partial charge in [0.05, 0.1) is 22.8 Å². The van der Waals surface area contributed by atoms with Crippen LogP contribution in [0.25, 0.3) is 10.9 Å². The van der Waals surface area contributed by atoms with E-state index in [1.54, 1.807) is 62.4 Å². The Morgan fingerprint density at radius 1 is 1.03 bits per heavy atom. The molecule has 0 fully saturated rings. The quantitative estimate of drug-likeness (QED) is 0.368. The van der Waals surface area contributed by atoms with Crippen LogP contribution in [0.2, 0.25) is 0 Å². The summed E-state index contributed by atoms with van der Waals surface area (Å²) in [5.74, 6) is -0.656. The van der Waals surface area contributed by atoms with Gasteiger partial charge in [0.25, 0.3) is 11.5 Å². The first kappa shape index (κ1) is 25.9. The number of aryl methyl sites for hydroxylation is 2. The van der Waals surface area contributed by atoms with Crippen LogP contribution in [0.3, 0.4) is 0 Å². The zero-order valence-electron chi connectivity index (χ0n) is 20.8. The largest absolute Gasteiger partial charge is 0.416 e. The second kappa shape index (κ2) is 10.1. The number of benzene rings is 3. The number of rotatable bonds is 6. The summed E-state index contributed by atoms with van der Waals surface area (Å²) in [4.78, 5) is 31.2. The molecule has 0 aliphatic rings. The topological polar surface area (TPSA) is 79.3 Å². The minimum Gasteiger partial charge on any atom is -0.355 e. The lowest BCUT2D eigenvalue weighted by Crippen LogP contribution is -2.19. The van der Waals surface area contributed by atoms with Gasteiger partial charge in [0.15, 0.2) is 0 Å². The molecule has 2 N–H and O–H groups in total. The molecule has 7 nitrogen and oxygen atoms in total. The number of amides is 1. The third kappa shape index (κ3) is 5.80. The highest BCUT2D eigenvalue weighted by atomic mass is 19.4. The number of halogens is 3. The molecule has 0 spiro atoms. The number of carbonyl (C=O) groups excluding carboxylic acids is 1. The molecule has 0 atom stereocenters. The molecule has 192 valence electrons. The molecule has 0 saturated heterocycles. The molecule has 0 saturated carbocycles. The number of nitrogens with zero attached hydrogens (tertiary/aromatic N) is 3. The predicted molar refractivity (Wildman–Crippen MR) is 138 cm³/mol. The SMILES string of the molecule is Cc1ccc(NC(=O)c2ccc(CN(C)C)c(C(F)(F)F)c2)cc1Nc1ccc2ncn(C)c(=O)c2c1. The van der Waals surface area contributed by atoms with Gasteiger partial charge in [0, 0.05) is 36.2 Å². The van der Waals surface area contributed by atoms with Crippen molar-refractivity contribution >= 4 is 33.9 Å². The summed E-state index contributed by atoms with van der Waals surface area (Å²) in [6, 6.07) is 14.0. The van der Waals surface area contributed by atoms with E-state index in [0.717, 1.165) is 11.6 Å². The van der Waals surface area contributed by atoms with E-state index in [1.165, 1.54) is 23.0 Å². The van der Waals surface area contributed by atoms with Crippen LogP contribution >= 0.6 is 0 Å². The van der Waals surface area contributed by atoms with E-state index in [4.69, 9.17) is 0 Å². The van der Waals surface area contributed by atoms with E-state index in [2.05, 4.69) is 15.6 Å². The lowest BCUT2D eigenvalue weighted by molar-refractivity contribution is -0.138. The Labute approximate surface area is 211 Å². The van der Waals surface area contributed by atoms with Gasteiger partial charge in [0.2, 0.25) is 0 Å². The Morgan fingerprint density at radius 2 is 1.76 bits per heavy atom. The van der Waals surface area contributed by atoms with Gasteiger partial charge in [-0.1, -0.05) is 12.1 Å². The highest BCUT2D eigenvalue weighted by Gasteiger charge is 2.34. The summed E-state index contributed by atoms with van der Waals surface area (Å²) in [6.45, 7) is 1.97. The maximum atomic E-state index is 13.6. The van der Waals surface area contributed by atoms with E-state index >= 15 is 0 Å². The fourth-order valence-corrected chi connectivity index (χ4v) is 3.94. The van der Waals surface area contributed by atoms with Gasteiger partial charge in [0.1, 0.15) is 0 Å². The molecule has 1 aromatic heterocycles. The van der Waals surface area contributed by atoms with Crippen molar-refractivity contribution in [3.63, 3.8) is 0 Å². The van der Waals surface area contributed by atoms with Crippen LogP contribution in [0, 0.1) is 6.92 Å². The first-order valence-corrected chi connectivity index (χ1v) is 11.4. The summed E-state index contributed by atoms with van der Waals surface area (Å²) in [5.41, 5.74) is 2.14. The maximum absolute atomic E-state index is 13.6. The summed E-state index contributed by atoms with van der Waals surface area (Å²) in [6.07, 6.45) is -3.12. The first-order valence-electron chi connectivity index (χ1n) is 11.4. The molecular weight excluding hydrogens is 483 g/mol. The van der Waals surface area contributed by atoms with Gasteiger partial charge in [-0.2, -0.15) is 13.2 Å². The van der Waals surface area contributed by atoms with Crippen molar-refractivity contribution in [2.75, 3.05) is 24.7 Å². The average molecular weight is 510 g/mol. The average Bonchev–Trinajstić information content (AvgIpc) is 2.83. The fraction of sp³-hybridized carbons (Fsp3) is 0.222. The zero-order valence-corrected chi connectivity index (χ0v) is 20.8. The molecule has 4 aromatic rings. The van der Waals surface area contributed by atoms with Crippen molar-refractivity contribution in [2.45, 2.75) is 19.6 Å². The Hall–Kier alpha value is -4.18. The van der Waals surface area contributed by atoms with Crippen LogP contribution < -0.4 is 16.2 Å². The number of aromatic nitrogens is 2. The first-order chi connectivity index (χ1) is 17.4. The van der Waals surface area contributed by atoms with Gasteiger partial charge < -0.3 is 20.1 Å². The molecule has 4 rings (SSSR count). The fourth-order valence-electron chi connectivity index (χ4n) is 3.94. The predicted octanol–water partition coefficient (Wildman–Crippen LogP) is 5.32. The lowest BCUT2D eigenvalue weighted by atomic mass is 10.0. The van der Waals surface area contributed by atoms with E-state index in [9.17, 15) is 22.8 Å². The number of hydrogen-bond donors (Lipinski definition) is 2. The van der Waals surface area contributed by atoms with Crippen molar-refractivity contribution in [1.29, 1.82) is 0 Å². The normalized spacial score (nSPS) is 11.7. The van der Waals surface area contributed by atoms with E-state index in [1.807, 2.05) is 6.92 Å². The number of hydrogen-bond acceptors (Lipinski definition) is 5. The maximum Gasteiger partial charge on any atom is 0.416 e. The molecule has 1 amide bonds. The molecule has 3 aromatic carbocycles.